The Kier molecular flexibility index (Phi) is 6.28. The number of nitrogens with one attached hydrogen (secondary N) is 1. The van der Waals surface area contributed by atoms with Crippen molar-refractivity contribution in [2.24, 2.45) is 5.92 Å². The number of carbonyl (C=O) groups is 2. The maximum Gasteiger partial charge on any atom is 0.410 e. The second kappa shape index (κ2) is 8.70. The van der Waals surface area contributed by atoms with Crippen molar-refractivity contribution in [3.05, 3.63) is 46.6 Å². The van der Waals surface area contributed by atoms with Crippen LogP contribution >= 0.6 is 11.8 Å². The molecule has 2 aliphatic rings. The zero-order valence-electron chi connectivity index (χ0n) is 16.7. The van der Waals surface area contributed by atoms with E-state index in [9.17, 15) is 14.9 Å². The lowest BCUT2D eigenvalue weighted by Gasteiger charge is -2.30. The molecule has 7 nitrogen and oxygen atoms in total. The van der Waals surface area contributed by atoms with Gasteiger partial charge >= 0.3 is 6.09 Å². The predicted molar refractivity (Wildman–Crippen MR) is 111 cm³/mol. The molecule has 0 spiro atoms. The van der Waals surface area contributed by atoms with Gasteiger partial charge in [0.25, 0.3) is 0 Å². The van der Waals surface area contributed by atoms with Crippen LogP contribution in [0.2, 0.25) is 0 Å². The minimum Gasteiger partial charge on any atom is -0.444 e. The van der Waals surface area contributed by atoms with Gasteiger partial charge in [0.1, 0.15) is 5.60 Å². The Morgan fingerprint density at radius 2 is 2.24 bits per heavy atom. The Hall–Kier alpha value is -2.79. The average molecular weight is 413 g/mol. The Labute approximate surface area is 174 Å². The molecule has 2 atom stereocenters. The summed E-state index contributed by atoms with van der Waals surface area (Å²) < 4.78 is 5.45. The molecule has 8 heteroatoms. The topological polar surface area (TPSA) is 95.3 Å². The SMILES string of the molecule is CC(C)(C)OC(=O)N1CCC2=C(C1)SC(NC(=O)/C=C/c1cccnc1)C2C#N. The molecule has 2 amide bonds. The molecule has 1 aromatic heterocycles. The fraction of sp³-hybridized carbons (Fsp3) is 0.429. The van der Waals surface area contributed by atoms with Gasteiger partial charge in [-0.15, -0.1) is 11.8 Å². The van der Waals surface area contributed by atoms with Crippen LogP contribution in [0, 0.1) is 17.2 Å². The Morgan fingerprint density at radius 1 is 1.45 bits per heavy atom. The highest BCUT2D eigenvalue weighted by molar-refractivity contribution is 8.04. The quantitative estimate of drug-likeness (QED) is 0.765. The summed E-state index contributed by atoms with van der Waals surface area (Å²) in [6, 6.07) is 5.96. The van der Waals surface area contributed by atoms with Crippen molar-refractivity contribution >= 4 is 29.8 Å². The smallest absolute Gasteiger partial charge is 0.410 e. The van der Waals surface area contributed by atoms with E-state index in [4.69, 9.17) is 4.74 Å². The lowest BCUT2D eigenvalue weighted by atomic mass is 9.94. The molecule has 152 valence electrons. The van der Waals surface area contributed by atoms with Crippen molar-refractivity contribution in [2.75, 3.05) is 13.1 Å². The van der Waals surface area contributed by atoms with Crippen molar-refractivity contribution in [1.29, 1.82) is 5.26 Å². The number of thioether (sulfide) groups is 1. The van der Waals surface area contributed by atoms with E-state index in [0.717, 1.165) is 16.0 Å². The number of pyridine rings is 1. The van der Waals surface area contributed by atoms with Crippen LogP contribution < -0.4 is 5.32 Å². The van der Waals surface area contributed by atoms with E-state index >= 15 is 0 Å². The average Bonchev–Trinajstić information content (AvgIpc) is 3.01. The van der Waals surface area contributed by atoms with E-state index in [0.29, 0.717) is 19.5 Å². The fourth-order valence-corrected chi connectivity index (χ4v) is 4.62. The maximum absolute atomic E-state index is 12.4. The normalized spacial score (nSPS) is 21.7. The van der Waals surface area contributed by atoms with Gasteiger partial charge in [0.15, 0.2) is 0 Å². The van der Waals surface area contributed by atoms with E-state index in [1.165, 1.54) is 17.8 Å². The standard InChI is InChI=1S/C21H24N4O3S/c1-21(2,3)28-20(27)25-10-8-15-16(11-22)19(29-17(15)13-25)24-18(26)7-6-14-5-4-9-23-12-14/h4-7,9,12,16,19H,8,10,13H2,1-3H3,(H,24,26)/b7-6+. The Morgan fingerprint density at radius 3 is 2.90 bits per heavy atom. The number of hydrogen-bond acceptors (Lipinski definition) is 6. The fourth-order valence-electron chi connectivity index (χ4n) is 3.17. The summed E-state index contributed by atoms with van der Waals surface area (Å²) in [7, 11) is 0. The van der Waals surface area contributed by atoms with E-state index in [1.54, 1.807) is 29.4 Å². The molecular weight excluding hydrogens is 388 g/mol. The van der Waals surface area contributed by atoms with Crippen molar-refractivity contribution < 1.29 is 14.3 Å². The summed E-state index contributed by atoms with van der Waals surface area (Å²) in [5.74, 6) is -0.665. The van der Waals surface area contributed by atoms with Crippen molar-refractivity contribution in [3.8, 4) is 6.07 Å². The van der Waals surface area contributed by atoms with Crippen LogP contribution in [0.3, 0.4) is 0 Å². The summed E-state index contributed by atoms with van der Waals surface area (Å²) in [5, 5.41) is 12.2. The highest BCUT2D eigenvalue weighted by Gasteiger charge is 2.40. The Bertz CT molecular complexity index is 883. The second-order valence-electron chi connectivity index (χ2n) is 7.87. The number of carbonyl (C=O) groups excluding carboxylic acids is 2. The predicted octanol–water partition coefficient (Wildman–Crippen LogP) is 3.32. The third-order valence-corrected chi connectivity index (χ3v) is 5.80. The van der Waals surface area contributed by atoms with Gasteiger partial charge in [0.2, 0.25) is 5.91 Å². The maximum atomic E-state index is 12.4. The van der Waals surface area contributed by atoms with Crippen LogP contribution in [-0.4, -0.2) is 45.9 Å². The van der Waals surface area contributed by atoms with Gasteiger partial charge in [-0.05, 0) is 50.5 Å². The van der Waals surface area contributed by atoms with Crippen LogP contribution in [0.5, 0.6) is 0 Å². The van der Waals surface area contributed by atoms with E-state index < -0.39 is 11.5 Å². The molecule has 0 bridgehead atoms. The lowest BCUT2D eigenvalue weighted by Crippen LogP contribution is -2.40. The van der Waals surface area contributed by atoms with Gasteiger partial charge in [-0.2, -0.15) is 5.26 Å². The third kappa shape index (κ3) is 5.39. The van der Waals surface area contributed by atoms with Crippen LogP contribution in [0.25, 0.3) is 6.08 Å². The third-order valence-electron chi connectivity index (χ3n) is 4.48. The van der Waals surface area contributed by atoms with Gasteiger partial charge in [-0.3, -0.25) is 9.78 Å². The first-order valence-corrected chi connectivity index (χ1v) is 10.3. The van der Waals surface area contributed by atoms with Gasteiger partial charge in [-0.25, -0.2) is 4.79 Å². The molecule has 2 unspecified atom stereocenters. The van der Waals surface area contributed by atoms with Crippen molar-refractivity contribution in [1.82, 2.24) is 15.2 Å². The summed E-state index contributed by atoms with van der Waals surface area (Å²) in [4.78, 5) is 31.3. The molecule has 0 radical (unpaired) electrons. The van der Waals surface area contributed by atoms with Crippen LogP contribution in [0.15, 0.2) is 41.1 Å². The van der Waals surface area contributed by atoms with Gasteiger partial charge in [-0.1, -0.05) is 6.07 Å². The molecule has 0 fully saturated rings. The first kappa shape index (κ1) is 20.9. The number of hydrogen-bond donors (Lipinski definition) is 1. The zero-order chi connectivity index (χ0) is 21.0. The molecule has 1 aromatic rings. The first-order chi connectivity index (χ1) is 13.8. The molecule has 0 saturated carbocycles. The van der Waals surface area contributed by atoms with Crippen molar-refractivity contribution in [2.45, 2.75) is 38.2 Å². The molecule has 0 saturated heterocycles. The lowest BCUT2D eigenvalue weighted by molar-refractivity contribution is -0.116. The first-order valence-electron chi connectivity index (χ1n) is 9.41. The molecule has 2 aliphatic heterocycles. The highest BCUT2D eigenvalue weighted by atomic mass is 32.2. The van der Waals surface area contributed by atoms with Crippen LogP contribution in [0.1, 0.15) is 32.8 Å². The molecule has 3 rings (SSSR count). The number of ether oxygens (including phenoxy) is 1. The van der Waals surface area contributed by atoms with Crippen LogP contribution in [0.4, 0.5) is 4.79 Å². The molecule has 29 heavy (non-hydrogen) atoms. The molecule has 0 aliphatic carbocycles. The molecular formula is C21H24N4O3S. The second-order valence-corrected chi connectivity index (χ2v) is 9.11. The van der Waals surface area contributed by atoms with Crippen molar-refractivity contribution in [3.63, 3.8) is 0 Å². The number of nitrogens with zero attached hydrogens (tertiary/aromatic N) is 3. The largest absolute Gasteiger partial charge is 0.444 e. The molecule has 0 aromatic carbocycles. The summed E-state index contributed by atoms with van der Waals surface area (Å²) in [6.07, 6.45) is 6.71. The number of amides is 2. The number of rotatable bonds is 3. The summed E-state index contributed by atoms with van der Waals surface area (Å²) in [6.45, 7) is 6.42. The van der Waals surface area contributed by atoms with Gasteiger partial charge in [0, 0.05) is 29.9 Å². The minimum absolute atomic E-state index is 0.268. The number of aromatic nitrogens is 1. The minimum atomic E-state index is -0.555. The molecule has 1 N–H and O–H groups in total. The van der Waals surface area contributed by atoms with E-state index in [1.807, 2.05) is 26.8 Å². The van der Waals surface area contributed by atoms with Gasteiger partial charge < -0.3 is 15.0 Å². The zero-order valence-corrected chi connectivity index (χ0v) is 17.5. The monoisotopic (exact) mass is 412 g/mol. The van der Waals surface area contributed by atoms with E-state index in [2.05, 4.69) is 16.4 Å². The summed E-state index contributed by atoms with van der Waals surface area (Å²) >= 11 is 1.45. The van der Waals surface area contributed by atoms with Crippen LogP contribution in [-0.2, 0) is 9.53 Å². The van der Waals surface area contributed by atoms with E-state index in [-0.39, 0.29) is 17.4 Å². The number of nitriles is 1. The summed E-state index contributed by atoms with van der Waals surface area (Å²) in [5.41, 5.74) is 1.28. The highest BCUT2D eigenvalue weighted by Crippen LogP contribution is 2.44. The Balaban J connectivity index is 1.62. The van der Waals surface area contributed by atoms with Gasteiger partial charge in [0.05, 0.1) is 23.9 Å². The molecule has 3 heterocycles.